The molecule has 3 heteroatoms. The second-order valence-electron chi connectivity index (χ2n) is 4.51. The Balaban J connectivity index is 2.40. The molecule has 1 aromatic rings. The van der Waals surface area contributed by atoms with Crippen LogP contribution in [0.4, 0.5) is 0 Å². The van der Waals surface area contributed by atoms with E-state index < -0.39 is 0 Å². The first kappa shape index (κ1) is 15.1. The lowest BCUT2D eigenvalue weighted by atomic mass is 9.93. The molecule has 0 bridgehead atoms. The van der Waals surface area contributed by atoms with Gasteiger partial charge in [0.05, 0.1) is 6.07 Å². The molecule has 1 atom stereocenters. The lowest BCUT2D eigenvalue weighted by Gasteiger charge is -2.24. The minimum Gasteiger partial charge on any atom is -0.302 e. The zero-order valence-corrected chi connectivity index (χ0v) is 12.3. The molecule has 1 unspecified atom stereocenters. The molecule has 0 heterocycles. The highest BCUT2D eigenvalue weighted by atomic mass is 32.2. The molecule has 98 valence electrons. The number of aryl methyl sites for hydroxylation is 1. The van der Waals surface area contributed by atoms with Gasteiger partial charge in [0.1, 0.15) is 5.54 Å². The van der Waals surface area contributed by atoms with Gasteiger partial charge >= 0.3 is 0 Å². The molecule has 1 rings (SSSR count). The molecule has 0 aliphatic heterocycles. The smallest absolute Gasteiger partial charge is 0.106 e. The zero-order chi connectivity index (χ0) is 13.4. The van der Waals surface area contributed by atoms with E-state index in [0.29, 0.717) is 0 Å². The Kier molecular flexibility index (Phi) is 6.24. The van der Waals surface area contributed by atoms with Crippen molar-refractivity contribution in [3.63, 3.8) is 0 Å². The summed E-state index contributed by atoms with van der Waals surface area (Å²) in [5.74, 6) is 1.07. The molecule has 1 N–H and O–H groups in total. The predicted octanol–water partition coefficient (Wildman–Crippen LogP) is 3.76. The second-order valence-corrected chi connectivity index (χ2v) is 5.65. The highest BCUT2D eigenvalue weighted by molar-refractivity contribution is 7.99. The molecule has 2 nitrogen and oxygen atoms in total. The summed E-state index contributed by atoms with van der Waals surface area (Å²) in [6.07, 6.45) is 2.83. The van der Waals surface area contributed by atoms with Gasteiger partial charge in [0.25, 0.3) is 0 Å². The van der Waals surface area contributed by atoms with Crippen LogP contribution < -0.4 is 5.32 Å². The van der Waals surface area contributed by atoms with Crippen LogP contribution in [0.2, 0.25) is 0 Å². The normalized spacial score (nSPS) is 13.9. The summed E-state index contributed by atoms with van der Waals surface area (Å²) in [5, 5.41) is 12.4. The molecule has 1 aromatic carbocycles. The SMILES string of the molecule is CCC(C#N)(CCCSc1ccccc1C)NC. The minimum absolute atomic E-state index is 0.341. The number of nitrogens with one attached hydrogen (secondary N) is 1. The van der Waals surface area contributed by atoms with Crippen molar-refractivity contribution in [2.75, 3.05) is 12.8 Å². The van der Waals surface area contributed by atoms with E-state index in [-0.39, 0.29) is 5.54 Å². The first-order valence-corrected chi connectivity index (χ1v) is 7.44. The van der Waals surface area contributed by atoms with Crippen LogP contribution in [0.15, 0.2) is 29.2 Å². The molecule has 0 spiro atoms. The Labute approximate surface area is 115 Å². The third-order valence-corrected chi connectivity index (χ3v) is 4.66. The Morgan fingerprint density at radius 2 is 2.11 bits per heavy atom. The molecular weight excluding hydrogens is 240 g/mol. The minimum atomic E-state index is -0.341. The van der Waals surface area contributed by atoms with E-state index in [1.54, 1.807) is 0 Å². The topological polar surface area (TPSA) is 35.8 Å². The van der Waals surface area contributed by atoms with Crippen LogP contribution >= 0.6 is 11.8 Å². The zero-order valence-electron chi connectivity index (χ0n) is 11.5. The number of nitriles is 1. The summed E-state index contributed by atoms with van der Waals surface area (Å²) < 4.78 is 0. The van der Waals surface area contributed by atoms with Gasteiger partial charge in [-0.3, -0.25) is 0 Å². The third kappa shape index (κ3) is 4.04. The van der Waals surface area contributed by atoms with E-state index >= 15 is 0 Å². The average Bonchev–Trinajstić information content (AvgIpc) is 2.42. The van der Waals surface area contributed by atoms with Crippen molar-refractivity contribution in [1.82, 2.24) is 5.32 Å². The number of nitrogens with zero attached hydrogens (tertiary/aromatic N) is 1. The summed E-state index contributed by atoms with van der Waals surface area (Å²) in [6.45, 7) is 4.20. The number of rotatable bonds is 7. The molecule has 0 aromatic heterocycles. The molecule has 0 fully saturated rings. The molecule has 0 aliphatic rings. The lowest BCUT2D eigenvalue weighted by Crippen LogP contribution is -2.40. The quantitative estimate of drug-likeness (QED) is 0.600. The molecule has 0 aliphatic carbocycles. The van der Waals surface area contributed by atoms with Gasteiger partial charge in [-0.25, -0.2) is 0 Å². The van der Waals surface area contributed by atoms with Crippen molar-refractivity contribution in [2.45, 2.75) is 43.5 Å². The van der Waals surface area contributed by atoms with Crippen molar-refractivity contribution in [1.29, 1.82) is 5.26 Å². The van der Waals surface area contributed by atoms with Crippen LogP contribution in [0.25, 0.3) is 0 Å². The number of hydrogen-bond donors (Lipinski definition) is 1. The largest absolute Gasteiger partial charge is 0.302 e. The highest BCUT2D eigenvalue weighted by Gasteiger charge is 2.24. The number of hydrogen-bond acceptors (Lipinski definition) is 3. The summed E-state index contributed by atoms with van der Waals surface area (Å²) in [7, 11) is 1.88. The Hall–Kier alpha value is -0.980. The number of benzene rings is 1. The van der Waals surface area contributed by atoms with Gasteiger partial charge in [-0.2, -0.15) is 5.26 Å². The summed E-state index contributed by atoms with van der Waals surface area (Å²) in [4.78, 5) is 1.35. The second kappa shape index (κ2) is 7.45. The van der Waals surface area contributed by atoms with Crippen LogP contribution in [-0.4, -0.2) is 18.3 Å². The molecular formula is C15H22N2S. The van der Waals surface area contributed by atoms with Crippen molar-refractivity contribution < 1.29 is 0 Å². The Morgan fingerprint density at radius 1 is 1.39 bits per heavy atom. The monoisotopic (exact) mass is 262 g/mol. The molecule has 0 radical (unpaired) electrons. The highest BCUT2D eigenvalue weighted by Crippen LogP contribution is 2.25. The van der Waals surface area contributed by atoms with E-state index in [9.17, 15) is 5.26 Å². The fourth-order valence-electron chi connectivity index (χ4n) is 1.94. The average molecular weight is 262 g/mol. The van der Waals surface area contributed by atoms with E-state index in [4.69, 9.17) is 0 Å². The number of thioether (sulfide) groups is 1. The van der Waals surface area contributed by atoms with Gasteiger partial charge in [-0.05, 0) is 50.6 Å². The van der Waals surface area contributed by atoms with Crippen molar-refractivity contribution in [3.8, 4) is 6.07 Å². The van der Waals surface area contributed by atoms with E-state index in [1.807, 2.05) is 18.8 Å². The molecule has 0 saturated heterocycles. The standard InChI is InChI=1S/C15H22N2S/c1-4-15(12-16,17-3)10-7-11-18-14-9-6-5-8-13(14)2/h5-6,8-9,17H,4,7,10-11H2,1-3H3. The van der Waals surface area contributed by atoms with Gasteiger partial charge in [0.2, 0.25) is 0 Å². The van der Waals surface area contributed by atoms with E-state index in [0.717, 1.165) is 25.0 Å². The first-order chi connectivity index (χ1) is 8.67. The van der Waals surface area contributed by atoms with Crippen LogP contribution in [0, 0.1) is 18.3 Å². The van der Waals surface area contributed by atoms with Gasteiger partial charge in [-0.15, -0.1) is 11.8 Å². The Morgan fingerprint density at radius 3 is 2.67 bits per heavy atom. The first-order valence-electron chi connectivity index (χ1n) is 6.46. The van der Waals surface area contributed by atoms with E-state index in [2.05, 4.69) is 49.5 Å². The fourth-order valence-corrected chi connectivity index (χ4v) is 2.92. The molecule has 0 saturated carbocycles. The summed E-state index contributed by atoms with van der Waals surface area (Å²) >= 11 is 1.88. The maximum absolute atomic E-state index is 9.22. The van der Waals surface area contributed by atoms with E-state index in [1.165, 1.54) is 10.5 Å². The maximum Gasteiger partial charge on any atom is 0.106 e. The van der Waals surface area contributed by atoms with Crippen LogP contribution in [0.3, 0.4) is 0 Å². The van der Waals surface area contributed by atoms with Gasteiger partial charge in [0.15, 0.2) is 0 Å². The third-order valence-electron chi connectivity index (χ3n) is 3.40. The predicted molar refractivity (Wildman–Crippen MR) is 78.8 cm³/mol. The van der Waals surface area contributed by atoms with Gasteiger partial charge < -0.3 is 5.32 Å². The maximum atomic E-state index is 9.22. The molecule has 18 heavy (non-hydrogen) atoms. The van der Waals surface area contributed by atoms with Crippen LogP contribution in [0.5, 0.6) is 0 Å². The fraction of sp³-hybridized carbons (Fsp3) is 0.533. The lowest BCUT2D eigenvalue weighted by molar-refractivity contribution is 0.400. The van der Waals surface area contributed by atoms with Crippen LogP contribution in [-0.2, 0) is 0 Å². The van der Waals surface area contributed by atoms with Gasteiger partial charge in [-0.1, -0.05) is 25.1 Å². The van der Waals surface area contributed by atoms with Crippen LogP contribution in [0.1, 0.15) is 31.7 Å². The summed E-state index contributed by atoms with van der Waals surface area (Å²) in [5.41, 5.74) is 0.991. The van der Waals surface area contributed by atoms with Crippen molar-refractivity contribution in [3.05, 3.63) is 29.8 Å². The van der Waals surface area contributed by atoms with Crippen molar-refractivity contribution in [2.24, 2.45) is 0 Å². The Bertz CT molecular complexity index is 405. The summed E-state index contributed by atoms with van der Waals surface area (Å²) in [6, 6.07) is 10.9. The van der Waals surface area contributed by atoms with Gasteiger partial charge in [0, 0.05) is 4.90 Å². The molecule has 0 amide bonds. The van der Waals surface area contributed by atoms with Crippen molar-refractivity contribution >= 4 is 11.8 Å².